The number of aliphatic hydroxyl groups is 1. The molecule has 0 unspecified atom stereocenters. The van der Waals surface area contributed by atoms with Crippen molar-refractivity contribution in [3.8, 4) is 5.75 Å². The number of hydrogen-bond acceptors (Lipinski definition) is 3. The summed E-state index contributed by atoms with van der Waals surface area (Å²) in [6, 6.07) is 17.1. The molecule has 2 aromatic carbocycles. The quantitative estimate of drug-likeness (QED) is 0.878. The van der Waals surface area contributed by atoms with Crippen molar-refractivity contribution in [3.05, 3.63) is 65.7 Å². The molecule has 2 rings (SSSR count). The number of aliphatic hydroxyl groups excluding tert-OH is 1. The van der Waals surface area contributed by atoms with Crippen molar-refractivity contribution in [2.45, 2.75) is 19.1 Å². The first-order chi connectivity index (χ1) is 9.63. The fourth-order valence-electron chi connectivity index (χ4n) is 2.28. The third kappa shape index (κ3) is 3.18. The second-order valence-corrected chi connectivity index (χ2v) is 5.01. The van der Waals surface area contributed by atoms with Gasteiger partial charge in [0.25, 0.3) is 0 Å². The van der Waals surface area contributed by atoms with Crippen LogP contribution in [0, 0.1) is 5.92 Å². The van der Waals surface area contributed by atoms with Gasteiger partial charge in [-0.1, -0.05) is 49.4 Å². The molecule has 0 heterocycles. The third-order valence-corrected chi connectivity index (χ3v) is 3.71. The van der Waals surface area contributed by atoms with E-state index in [1.165, 1.54) is 0 Å². The minimum Gasteiger partial charge on any atom is -0.497 e. The average Bonchev–Trinajstić information content (AvgIpc) is 2.53. The van der Waals surface area contributed by atoms with Crippen LogP contribution in [0.2, 0.25) is 0 Å². The Bertz CT molecular complexity index is 524. The first-order valence-electron chi connectivity index (χ1n) is 6.76. The Kier molecular flexibility index (Phi) is 4.77. The molecule has 0 saturated carbocycles. The number of benzene rings is 2. The molecule has 0 spiro atoms. The van der Waals surface area contributed by atoms with Crippen molar-refractivity contribution < 1.29 is 9.84 Å². The van der Waals surface area contributed by atoms with E-state index in [2.05, 4.69) is 0 Å². The van der Waals surface area contributed by atoms with Gasteiger partial charge in [0, 0.05) is 12.0 Å². The predicted octanol–water partition coefficient (Wildman–Crippen LogP) is 3.06. The van der Waals surface area contributed by atoms with Gasteiger partial charge < -0.3 is 15.6 Å². The van der Waals surface area contributed by atoms with Gasteiger partial charge >= 0.3 is 0 Å². The van der Waals surface area contributed by atoms with E-state index in [9.17, 15) is 5.11 Å². The molecular formula is C17H21NO2. The molecule has 0 bridgehead atoms. The summed E-state index contributed by atoms with van der Waals surface area (Å²) in [6.07, 6.45) is -0.601. The smallest absolute Gasteiger partial charge is 0.118 e. The summed E-state index contributed by atoms with van der Waals surface area (Å²) in [5, 5.41) is 10.5. The Morgan fingerprint density at radius 1 is 0.950 bits per heavy atom. The molecule has 0 aliphatic heterocycles. The van der Waals surface area contributed by atoms with E-state index < -0.39 is 6.10 Å². The zero-order valence-electron chi connectivity index (χ0n) is 11.9. The fourth-order valence-corrected chi connectivity index (χ4v) is 2.28. The Balaban J connectivity index is 2.13. The zero-order chi connectivity index (χ0) is 14.5. The van der Waals surface area contributed by atoms with E-state index in [0.29, 0.717) is 0 Å². The van der Waals surface area contributed by atoms with E-state index in [-0.39, 0.29) is 12.0 Å². The van der Waals surface area contributed by atoms with Gasteiger partial charge in [-0.3, -0.25) is 0 Å². The van der Waals surface area contributed by atoms with E-state index >= 15 is 0 Å². The van der Waals surface area contributed by atoms with Crippen LogP contribution in [-0.4, -0.2) is 12.2 Å². The zero-order valence-corrected chi connectivity index (χ0v) is 11.9. The highest BCUT2D eigenvalue weighted by molar-refractivity contribution is 5.29. The summed E-state index contributed by atoms with van der Waals surface area (Å²) in [5.74, 6) is 0.701. The van der Waals surface area contributed by atoms with Crippen molar-refractivity contribution >= 4 is 0 Å². The normalized spacial score (nSPS) is 15.4. The molecule has 3 N–H and O–H groups in total. The van der Waals surface area contributed by atoms with Crippen molar-refractivity contribution in [3.63, 3.8) is 0 Å². The molecule has 20 heavy (non-hydrogen) atoms. The number of ether oxygens (including phenoxy) is 1. The summed E-state index contributed by atoms with van der Waals surface area (Å²) in [6.45, 7) is 1.96. The first-order valence-corrected chi connectivity index (χ1v) is 6.76. The van der Waals surface area contributed by atoms with E-state index in [1.54, 1.807) is 7.11 Å². The third-order valence-electron chi connectivity index (χ3n) is 3.71. The highest BCUT2D eigenvalue weighted by atomic mass is 16.5. The minimum atomic E-state index is -0.601. The summed E-state index contributed by atoms with van der Waals surface area (Å²) in [4.78, 5) is 0. The molecule has 106 valence electrons. The number of nitrogens with two attached hydrogens (primary N) is 1. The molecule has 0 aliphatic rings. The highest BCUT2D eigenvalue weighted by Crippen LogP contribution is 2.31. The van der Waals surface area contributed by atoms with E-state index in [0.717, 1.165) is 16.9 Å². The predicted molar refractivity (Wildman–Crippen MR) is 80.5 cm³/mol. The first kappa shape index (κ1) is 14.6. The highest BCUT2D eigenvalue weighted by Gasteiger charge is 2.23. The van der Waals surface area contributed by atoms with Gasteiger partial charge in [-0.2, -0.15) is 0 Å². The van der Waals surface area contributed by atoms with Crippen LogP contribution in [-0.2, 0) is 0 Å². The Hall–Kier alpha value is -1.84. The van der Waals surface area contributed by atoms with Gasteiger partial charge in [0.15, 0.2) is 0 Å². The van der Waals surface area contributed by atoms with Crippen LogP contribution >= 0.6 is 0 Å². The standard InChI is InChI=1S/C17H21NO2/c1-12(16(18)13-6-4-3-5-7-13)17(19)14-8-10-15(20-2)11-9-14/h3-12,16-17,19H,18H2,1-2H3/t12-,16+,17+/m1/s1. The van der Waals surface area contributed by atoms with Crippen LogP contribution in [0.5, 0.6) is 5.75 Å². The average molecular weight is 271 g/mol. The Morgan fingerprint density at radius 2 is 1.55 bits per heavy atom. The largest absolute Gasteiger partial charge is 0.497 e. The lowest BCUT2D eigenvalue weighted by molar-refractivity contribution is 0.103. The molecule has 0 fully saturated rings. The molecule has 0 amide bonds. The molecule has 0 saturated heterocycles. The SMILES string of the molecule is COc1ccc([C@@H](O)[C@H](C)[C@H](N)c2ccccc2)cc1. The number of hydrogen-bond donors (Lipinski definition) is 2. The second kappa shape index (κ2) is 6.55. The number of methoxy groups -OCH3 is 1. The molecule has 3 heteroatoms. The maximum atomic E-state index is 10.5. The van der Waals surface area contributed by atoms with Crippen molar-refractivity contribution in [2.24, 2.45) is 11.7 Å². The van der Waals surface area contributed by atoms with Crippen molar-refractivity contribution in [1.82, 2.24) is 0 Å². The van der Waals surface area contributed by atoms with Gasteiger partial charge in [0.05, 0.1) is 13.2 Å². The molecule has 0 aliphatic carbocycles. The second-order valence-electron chi connectivity index (χ2n) is 5.01. The van der Waals surface area contributed by atoms with Crippen LogP contribution in [0.15, 0.2) is 54.6 Å². The van der Waals surface area contributed by atoms with Gasteiger partial charge in [-0.15, -0.1) is 0 Å². The van der Waals surface area contributed by atoms with Crippen LogP contribution in [0.1, 0.15) is 30.2 Å². The van der Waals surface area contributed by atoms with Crippen LogP contribution < -0.4 is 10.5 Å². The molecular weight excluding hydrogens is 250 g/mol. The molecule has 3 nitrogen and oxygen atoms in total. The maximum Gasteiger partial charge on any atom is 0.118 e. The summed E-state index contributed by atoms with van der Waals surface area (Å²) in [7, 11) is 1.62. The Labute approximate surface area is 120 Å². The van der Waals surface area contributed by atoms with Crippen LogP contribution in [0.4, 0.5) is 0 Å². The van der Waals surface area contributed by atoms with Crippen molar-refractivity contribution in [1.29, 1.82) is 0 Å². The van der Waals surface area contributed by atoms with Crippen molar-refractivity contribution in [2.75, 3.05) is 7.11 Å². The molecule has 3 atom stereocenters. The minimum absolute atomic E-state index is 0.0780. The maximum absolute atomic E-state index is 10.5. The summed E-state index contributed by atoms with van der Waals surface area (Å²) >= 11 is 0. The monoisotopic (exact) mass is 271 g/mol. The number of rotatable bonds is 5. The van der Waals surface area contributed by atoms with Gasteiger partial charge in [0.2, 0.25) is 0 Å². The van der Waals surface area contributed by atoms with Gasteiger partial charge in [-0.05, 0) is 23.3 Å². The molecule has 0 radical (unpaired) electrons. The topological polar surface area (TPSA) is 55.5 Å². The van der Waals surface area contributed by atoms with Crippen LogP contribution in [0.3, 0.4) is 0 Å². The van der Waals surface area contributed by atoms with E-state index in [4.69, 9.17) is 10.5 Å². The summed E-state index contributed by atoms with van der Waals surface area (Å²) in [5.41, 5.74) is 8.13. The molecule has 2 aromatic rings. The lowest BCUT2D eigenvalue weighted by Crippen LogP contribution is -2.24. The van der Waals surface area contributed by atoms with Gasteiger partial charge in [-0.25, -0.2) is 0 Å². The van der Waals surface area contributed by atoms with Gasteiger partial charge in [0.1, 0.15) is 5.75 Å². The molecule has 0 aromatic heterocycles. The summed E-state index contributed by atoms with van der Waals surface area (Å²) < 4.78 is 5.12. The van der Waals surface area contributed by atoms with Crippen LogP contribution in [0.25, 0.3) is 0 Å². The lowest BCUT2D eigenvalue weighted by Gasteiger charge is -2.25. The Morgan fingerprint density at radius 3 is 2.10 bits per heavy atom. The fraction of sp³-hybridized carbons (Fsp3) is 0.294. The lowest BCUT2D eigenvalue weighted by atomic mass is 9.87. The van der Waals surface area contributed by atoms with E-state index in [1.807, 2.05) is 61.5 Å².